The number of aliphatic carboxylic acids is 1. The summed E-state index contributed by atoms with van der Waals surface area (Å²) in [6.07, 6.45) is -8.59. The molecule has 1 unspecified atom stereocenters. The molecule has 5 atom stereocenters. The van der Waals surface area contributed by atoms with Crippen LogP contribution in [0.2, 0.25) is 0 Å². The van der Waals surface area contributed by atoms with Gasteiger partial charge < -0.3 is 54.1 Å². The lowest BCUT2D eigenvalue weighted by Crippen LogP contribution is -2.47. The second-order valence-electron chi connectivity index (χ2n) is 7.44. The van der Waals surface area contributed by atoms with Crippen molar-refractivity contribution in [2.45, 2.75) is 50.3 Å². The number of phosphoric acid groups is 1. The zero-order valence-electron chi connectivity index (χ0n) is 17.7. The first-order chi connectivity index (χ1) is 14.0. The van der Waals surface area contributed by atoms with Gasteiger partial charge in [-0.05, 0) is 0 Å². The predicted molar refractivity (Wildman–Crippen MR) is 101 cm³/mol. The topological polar surface area (TPSA) is 231 Å². The number of aliphatic hydroxyl groups excluding tert-OH is 4. The highest BCUT2D eigenvalue weighted by atomic mass is 31.2. The molecule has 0 aliphatic rings. The van der Waals surface area contributed by atoms with E-state index >= 15 is 0 Å². The minimum atomic E-state index is -5.02. The van der Waals surface area contributed by atoms with E-state index in [0.717, 1.165) is 0 Å². The van der Waals surface area contributed by atoms with Crippen molar-refractivity contribution in [3.05, 3.63) is 0 Å². The molecule has 0 heterocycles. The summed E-state index contributed by atoms with van der Waals surface area (Å²) in [5.41, 5.74) is 0. The van der Waals surface area contributed by atoms with Crippen LogP contribution in [0.25, 0.3) is 0 Å². The lowest BCUT2D eigenvalue weighted by Gasteiger charge is -2.29. The summed E-state index contributed by atoms with van der Waals surface area (Å²) < 4.78 is 19.8. The summed E-state index contributed by atoms with van der Waals surface area (Å²) in [6.45, 7) is 1.23. The first-order valence-electron chi connectivity index (χ1n) is 9.01. The molecule has 0 bridgehead atoms. The molecule has 0 aliphatic heterocycles. The average molecular weight is 477 g/mol. The Bertz CT molecular complexity index is 603. The molecule has 6 N–H and O–H groups in total. The van der Waals surface area contributed by atoms with Crippen molar-refractivity contribution in [3.8, 4) is 0 Å². The summed E-state index contributed by atoms with van der Waals surface area (Å²) in [6, 6.07) is 0. The Kier molecular flexibility index (Phi) is 14.9. The van der Waals surface area contributed by atoms with Crippen LogP contribution in [0.5, 0.6) is 0 Å². The number of hydrogen-bond donors (Lipinski definition) is 6. The van der Waals surface area contributed by atoms with Crippen LogP contribution in [-0.4, -0.2) is 118 Å². The second kappa shape index (κ2) is 14.6. The van der Waals surface area contributed by atoms with E-state index in [4.69, 9.17) is 29.8 Å². The first-order valence-corrected chi connectivity index (χ1v) is 10.5. The predicted octanol–water partition coefficient (Wildman–Crippen LogP) is -4.11. The van der Waals surface area contributed by atoms with Crippen LogP contribution in [-0.2, 0) is 28.2 Å². The number of aliphatic hydroxyl groups is 4. The Balaban J connectivity index is 0. The zero-order chi connectivity index (χ0) is 25.0. The smallest absolute Gasteiger partial charge is 0.470 e. The van der Waals surface area contributed by atoms with Crippen LogP contribution in [0.1, 0.15) is 19.8 Å². The lowest BCUT2D eigenvalue weighted by atomic mass is 10.0. The van der Waals surface area contributed by atoms with Gasteiger partial charge >= 0.3 is 13.8 Å². The number of carbonyl (C=O) groups is 3. The highest BCUT2D eigenvalue weighted by Crippen LogP contribution is 2.38. The van der Waals surface area contributed by atoms with Gasteiger partial charge in [0.25, 0.3) is 0 Å². The molecule has 184 valence electrons. The maximum absolute atomic E-state index is 11.0. The number of carbonyl (C=O) groups excluding carboxylic acids is 3. The zero-order valence-corrected chi connectivity index (χ0v) is 18.6. The highest BCUT2D eigenvalue weighted by Gasteiger charge is 2.35. The van der Waals surface area contributed by atoms with Gasteiger partial charge in [0.2, 0.25) is 0 Å². The molecule has 0 rings (SSSR count). The lowest BCUT2D eigenvalue weighted by molar-refractivity contribution is -0.873. The van der Waals surface area contributed by atoms with E-state index in [1.165, 1.54) is 0 Å². The van der Waals surface area contributed by atoms with Crippen LogP contribution in [0.3, 0.4) is 0 Å². The van der Waals surface area contributed by atoms with Gasteiger partial charge in [-0.3, -0.25) is 9.32 Å². The van der Waals surface area contributed by atoms with Gasteiger partial charge in [0.15, 0.2) is 18.5 Å². The van der Waals surface area contributed by atoms with Crippen molar-refractivity contribution in [3.63, 3.8) is 0 Å². The molecule has 0 amide bonds. The maximum atomic E-state index is 11.0. The molecule has 0 saturated heterocycles. The highest BCUT2D eigenvalue weighted by molar-refractivity contribution is 7.46. The Morgan fingerprint density at radius 3 is 1.97 bits per heavy atom. The van der Waals surface area contributed by atoms with Crippen LogP contribution < -0.4 is 5.11 Å². The standard InChI is InChI=1S/C10H19NO4.C6H13O9P/c1-5-10(14)15-8(6-9(12)13)7-11(2,3)4;7-1-3(9)5(10)6(11)4(2-8)15-16(12,13)14/h8H,5-7H2,1-4H3;2-7,9-11H,1H2,(H2,12,13,14)/t;3-,4+,5-,6-/m.1/s1. The van der Waals surface area contributed by atoms with Crippen LogP contribution in [0, 0.1) is 0 Å². The van der Waals surface area contributed by atoms with Gasteiger partial charge in [-0.2, -0.15) is 0 Å². The molecule has 0 aromatic rings. The van der Waals surface area contributed by atoms with E-state index < -0.39 is 50.9 Å². The molecular formula is C16H32NO13P. The van der Waals surface area contributed by atoms with Crippen LogP contribution >= 0.6 is 7.82 Å². The Morgan fingerprint density at radius 2 is 1.65 bits per heavy atom. The number of carboxylic acid groups (broad SMARTS) is 1. The molecule has 31 heavy (non-hydrogen) atoms. The Labute approximate surface area is 179 Å². The summed E-state index contributed by atoms with van der Waals surface area (Å²) in [7, 11) is 0.697. The number of quaternary nitrogens is 1. The van der Waals surface area contributed by atoms with Gasteiger partial charge in [-0.25, -0.2) is 4.57 Å². The molecule has 0 radical (unpaired) electrons. The van der Waals surface area contributed by atoms with Crippen molar-refractivity contribution < 1.29 is 68.0 Å². The van der Waals surface area contributed by atoms with Crippen molar-refractivity contribution in [2.75, 3.05) is 34.3 Å². The molecule has 0 saturated carbocycles. The minimum absolute atomic E-state index is 0.142. The maximum Gasteiger partial charge on any atom is 0.470 e. The Morgan fingerprint density at radius 1 is 1.13 bits per heavy atom. The van der Waals surface area contributed by atoms with E-state index in [0.29, 0.717) is 11.0 Å². The number of phosphoric ester groups is 1. The van der Waals surface area contributed by atoms with Crippen molar-refractivity contribution in [1.82, 2.24) is 0 Å². The van der Waals surface area contributed by atoms with Crippen LogP contribution in [0.4, 0.5) is 0 Å². The SMILES string of the molecule is CCC(=O)OC(CC(=O)[O-])C[N+](C)(C)C.O=C[C@H](OP(=O)(O)O)[C@@H](O)[C@H](O)[C@H](O)CO. The van der Waals surface area contributed by atoms with E-state index in [2.05, 4.69) is 4.52 Å². The number of ether oxygens (including phenoxy) is 1. The third-order valence-electron chi connectivity index (χ3n) is 3.39. The first kappa shape index (κ1) is 31.7. The third-order valence-corrected chi connectivity index (χ3v) is 3.91. The van der Waals surface area contributed by atoms with Gasteiger partial charge in [0.05, 0.1) is 27.7 Å². The normalized spacial score (nSPS) is 16.7. The third kappa shape index (κ3) is 16.8. The quantitative estimate of drug-likeness (QED) is 0.0641. The average Bonchev–Trinajstić information content (AvgIpc) is 2.61. The molecule has 0 aromatic heterocycles. The molecule has 0 spiro atoms. The number of esters is 1. The van der Waals surface area contributed by atoms with Crippen molar-refractivity contribution in [1.29, 1.82) is 0 Å². The molecule has 15 heteroatoms. The number of carboxylic acids is 1. The van der Waals surface area contributed by atoms with E-state index in [9.17, 15) is 29.2 Å². The number of rotatable bonds is 13. The summed E-state index contributed by atoms with van der Waals surface area (Å²) in [4.78, 5) is 48.6. The van der Waals surface area contributed by atoms with Crippen molar-refractivity contribution >= 4 is 26.0 Å². The van der Waals surface area contributed by atoms with Gasteiger partial charge in [-0.15, -0.1) is 0 Å². The van der Waals surface area contributed by atoms with Crippen LogP contribution in [0.15, 0.2) is 0 Å². The number of nitrogens with zero attached hydrogens (tertiary/aromatic N) is 1. The van der Waals surface area contributed by atoms with E-state index in [1.807, 2.05) is 21.1 Å². The fourth-order valence-electron chi connectivity index (χ4n) is 2.07. The van der Waals surface area contributed by atoms with Gasteiger partial charge in [0, 0.05) is 18.8 Å². The molecule has 0 fully saturated rings. The van der Waals surface area contributed by atoms with Crippen molar-refractivity contribution in [2.24, 2.45) is 0 Å². The molecule has 0 aromatic carbocycles. The largest absolute Gasteiger partial charge is 0.550 e. The number of hydrogen-bond acceptors (Lipinski definition) is 11. The number of likely N-dealkylation sites (N-methyl/N-ethyl adjacent to an activating group) is 1. The minimum Gasteiger partial charge on any atom is -0.550 e. The monoisotopic (exact) mass is 477 g/mol. The van der Waals surface area contributed by atoms with E-state index in [1.54, 1.807) is 6.92 Å². The fourth-order valence-corrected chi connectivity index (χ4v) is 2.56. The number of aldehydes is 1. The Hall–Kier alpha value is -1.48. The second-order valence-corrected chi connectivity index (χ2v) is 8.63. The summed E-state index contributed by atoms with van der Waals surface area (Å²) in [5, 5.41) is 46.2. The molecule has 14 nitrogen and oxygen atoms in total. The fraction of sp³-hybridized carbons (Fsp3) is 0.812. The van der Waals surface area contributed by atoms with Gasteiger partial charge in [-0.1, -0.05) is 6.92 Å². The summed E-state index contributed by atoms with van der Waals surface area (Å²) in [5.74, 6) is -1.58. The molecular weight excluding hydrogens is 445 g/mol. The molecule has 0 aliphatic carbocycles. The van der Waals surface area contributed by atoms with Gasteiger partial charge in [0.1, 0.15) is 24.9 Å². The van der Waals surface area contributed by atoms with E-state index in [-0.39, 0.29) is 25.1 Å². The summed E-state index contributed by atoms with van der Waals surface area (Å²) >= 11 is 0.